The third-order valence-electron chi connectivity index (χ3n) is 5.16. The molecule has 4 rings (SSSR count). The summed E-state index contributed by atoms with van der Waals surface area (Å²) in [4.78, 5) is 31.0. The molecule has 0 aliphatic carbocycles. The first kappa shape index (κ1) is 17.2. The second-order valence-corrected chi connectivity index (χ2v) is 7.00. The third kappa shape index (κ3) is 2.95. The summed E-state index contributed by atoms with van der Waals surface area (Å²) in [5, 5.41) is 13.9. The van der Waals surface area contributed by atoms with Gasteiger partial charge in [0.25, 0.3) is 5.91 Å². The zero-order chi connectivity index (χ0) is 19.1. The molecule has 7 nitrogen and oxygen atoms in total. The summed E-state index contributed by atoms with van der Waals surface area (Å²) in [6.45, 7) is 4.32. The van der Waals surface area contributed by atoms with E-state index in [4.69, 9.17) is 0 Å². The van der Waals surface area contributed by atoms with Gasteiger partial charge in [-0.05, 0) is 25.5 Å². The number of aliphatic carboxylic acids is 1. The number of carboxylic acids is 1. The predicted molar refractivity (Wildman–Crippen MR) is 98.7 cm³/mol. The molecule has 1 N–H and O–H groups in total. The van der Waals surface area contributed by atoms with Crippen LogP contribution in [0.5, 0.6) is 0 Å². The Labute approximate surface area is 156 Å². The van der Waals surface area contributed by atoms with E-state index in [1.165, 1.54) is 6.20 Å². The van der Waals surface area contributed by atoms with Crippen LogP contribution in [0.25, 0.3) is 5.65 Å². The highest BCUT2D eigenvalue weighted by Gasteiger charge is 2.41. The van der Waals surface area contributed by atoms with Gasteiger partial charge in [-0.15, -0.1) is 0 Å². The quantitative estimate of drug-likeness (QED) is 0.770. The molecule has 2 aromatic heterocycles. The zero-order valence-corrected chi connectivity index (χ0v) is 15.2. The molecule has 0 spiro atoms. The first-order valence-corrected chi connectivity index (χ1v) is 8.84. The smallest absolute Gasteiger partial charge is 0.308 e. The molecule has 1 aromatic carbocycles. The van der Waals surface area contributed by atoms with E-state index in [9.17, 15) is 14.7 Å². The van der Waals surface area contributed by atoms with Gasteiger partial charge in [-0.25, -0.2) is 9.50 Å². The Morgan fingerprint density at radius 1 is 1.15 bits per heavy atom. The summed E-state index contributed by atoms with van der Waals surface area (Å²) in [7, 11) is 0. The van der Waals surface area contributed by atoms with Gasteiger partial charge in [-0.2, -0.15) is 5.10 Å². The molecule has 1 aliphatic heterocycles. The van der Waals surface area contributed by atoms with Crippen molar-refractivity contribution in [1.29, 1.82) is 0 Å². The minimum absolute atomic E-state index is 0.176. The van der Waals surface area contributed by atoms with Crippen molar-refractivity contribution in [3.8, 4) is 0 Å². The zero-order valence-electron chi connectivity index (χ0n) is 15.2. The van der Waals surface area contributed by atoms with Crippen LogP contribution in [-0.2, 0) is 4.79 Å². The third-order valence-corrected chi connectivity index (χ3v) is 5.16. The minimum Gasteiger partial charge on any atom is -0.481 e. The second-order valence-electron chi connectivity index (χ2n) is 7.00. The minimum atomic E-state index is -0.885. The summed E-state index contributed by atoms with van der Waals surface area (Å²) in [6, 6.07) is 11.4. The molecule has 2 atom stereocenters. The van der Waals surface area contributed by atoms with Crippen LogP contribution in [0.1, 0.15) is 33.2 Å². The molecule has 1 aliphatic rings. The fraction of sp³-hybridized carbons (Fsp3) is 0.300. The lowest BCUT2D eigenvalue weighted by atomic mass is 9.89. The van der Waals surface area contributed by atoms with Gasteiger partial charge in [-0.3, -0.25) is 9.59 Å². The first-order valence-electron chi connectivity index (χ1n) is 8.84. The van der Waals surface area contributed by atoms with Crippen molar-refractivity contribution in [3.05, 3.63) is 65.1 Å². The molecule has 0 radical (unpaired) electrons. The number of likely N-dealkylation sites (tertiary alicyclic amines) is 1. The number of aromatic nitrogens is 3. The van der Waals surface area contributed by atoms with Crippen LogP contribution in [0.2, 0.25) is 0 Å². The number of hydrogen-bond acceptors (Lipinski definition) is 4. The van der Waals surface area contributed by atoms with Crippen LogP contribution in [0.3, 0.4) is 0 Å². The summed E-state index contributed by atoms with van der Waals surface area (Å²) in [6.07, 6.45) is 1.52. The van der Waals surface area contributed by atoms with Crippen molar-refractivity contribution < 1.29 is 14.7 Å². The maximum absolute atomic E-state index is 13.1. The molecule has 1 saturated heterocycles. The number of aryl methyl sites for hydroxylation is 2. The normalized spacial score (nSPS) is 19.6. The molecular formula is C20H20N4O3. The molecule has 138 valence electrons. The molecule has 1 amide bonds. The Morgan fingerprint density at radius 3 is 2.59 bits per heavy atom. The number of fused-ring (bicyclic) bond motifs is 1. The molecule has 3 aromatic rings. The van der Waals surface area contributed by atoms with Crippen LogP contribution in [0.15, 0.2) is 42.6 Å². The summed E-state index contributed by atoms with van der Waals surface area (Å²) in [5.41, 5.74) is 3.54. The Morgan fingerprint density at radius 2 is 1.89 bits per heavy atom. The van der Waals surface area contributed by atoms with Crippen LogP contribution in [0, 0.1) is 19.8 Å². The van der Waals surface area contributed by atoms with E-state index in [-0.39, 0.29) is 18.4 Å². The van der Waals surface area contributed by atoms with Crippen molar-refractivity contribution >= 4 is 17.5 Å². The molecule has 0 bridgehead atoms. The van der Waals surface area contributed by atoms with Gasteiger partial charge in [-0.1, -0.05) is 30.3 Å². The topological polar surface area (TPSA) is 87.8 Å². The lowest BCUT2D eigenvalue weighted by Gasteiger charge is -2.16. The van der Waals surface area contributed by atoms with Crippen molar-refractivity contribution in [2.45, 2.75) is 19.8 Å². The number of hydrogen-bond donors (Lipinski definition) is 1. The number of rotatable bonds is 3. The van der Waals surface area contributed by atoms with E-state index < -0.39 is 11.9 Å². The summed E-state index contributed by atoms with van der Waals surface area (Å²) < 4.78 is 1.64. The van der Waals surface area contributed by atoms with Crippen molar-refractivity contribution in [1.82, 2.24) is 19.5 Å². The van der Waals surface area contributed by atoms with Crippen LogP contribution >= 0.6 is 0 Å². The molecule has 0 unspecified atom stereocenters. The van der Waals surface area contributed by atoms with Gasteiger partial charge in [0.15, 0.2) is 5.65 Å². The number of nitrogens with zero attached hydrogens (tertiary/aromatic N) is 4. The van der Waals surface area contributed by atoms with Gasteiger partial charge >= 0.3 is 5.97 Å². The van der Waals surface area contributed by atoms with Crippen LogP contribution in [0.4, 0.5) is 0 Å². The fourth-order valence-electron chi connectivity index (χ4n) is 3.85. The maximum Gasteiger partial charge on any atom is 0.308 e. The average Bonchev–Trinajstić information content (AvgIpc) is 3.26. The SMILES string of the molecule is Cc1cc(C)n2ncc(C(=O)N3C[C@H](C(=O)O)[C@@H](c4ccccc4)C3)c2n1. The molecule has 0 saturated carbocycles. The second kappa shape index (κ2) is 6.50. The van der Waals surface area contributed by atoms with E-state index in [1.807, 2.05) is 50.2 Å². The average molecular weight is 364 g/mol. The lowest BCUT2D eigenvalue weighted by Crippen LogP contribution is -2.30. The maximum atomic E-state index is 13.1. The predicted octanol–water partition coefficient (Wildman–Crippen LogP) is 2.29. The van der Waals surface area contributed by atoms with Gasteiger partial charge in [0.05, 0.1) is 12.1 Å². The molecule has 3 heterocycles. The standard InChI is InChI=1S/C20H20N4O3/c1-12-8-13(2)24-18(22-12)15(9-21-24)19(25)23-10-16(17(11-23)20(26)27)14-6-4-3-5-7-14/h3-9,16-17H,10-11H2,1-2H3,(H,26,27)/t16-,17+/m1/s1. The first-order chi connectivity index (χ1) is 13.0. The fourth-order valence-corrected chi connectivity index (χ4v) is 3.85. The Kier molecular flexibility index (Phi) is 4.14. The van der Waals surface area contributed by atoms with Crippen molar-refractivity contribution in [2.75, 3.05) is 13.1 Å². The largest absolute Gasteiger partial charge is 0.481 e. The van der Waals surface area contributed by atoms with E-state index in [2.05, 4.69) is 10.1 Å². The number of carbonyl (C=O) groups is 2. The van der Waals surface area contributed by atoms with Crippen LogP contribution in [-0.4, -0.2) is 49.6 Å². The van der Waals surface area contributed by atoms with Gasteiger partial charge < -0.3 is 10.0 Å². The van der Waals surface area contributed by atoms with E-state index in [1.54, 1.807) is 9.42 Å². The molecule has 7 heteroatoms. The Balaban J connectivity index is 1.68. The van der Waals surface area contributed by atoms with Crippen molar-refractivity contribution in [2.24, 2.45) is 5.92 Å². The number of amides is 1. The highest BCUT2D eigenvalue weighted by molar-refractivity contribution is 6.00. The van der Waals surface area contributed by atoms with Gasteiger partial charge in [0.2, 0.25) is 0 Å². The Hall–Kier alpha value is -3.22. The monoisotopic (exact) mass is 364 g/mol. The number of carbonyl (C=O) groups excluding carboxylic acids is 1. The lowest BCUT2D eigenvalue weighted by molar-refractivity contribution is -0.141. The van der Waals surface area contributed by atoms with Gasteiger partial charge in [0, 0.05) is 30.4 Å². The molecule has 1 fully saturated rings. The van der Waals surface area contributed by atoms with E-state index in [0.29, 0.717) is 17.8 Å². The summed E-state index contributed by atoms with van der Waals surface area (Å²) in [5.74, 6) is -1.98. The number of carboxylic acid groups (broad SMARTS) is 1. The Bertz CT molecular complexity index is 1030. The van der Waals surface area contributed by atoms with Gasteiger partial charge in [0.1, 0.15) is 5.56 Å². The van der Waals surface area contributed by atoms with E-state index >= 15 is 0 Å². The van der Waals surface area contributed by atoms with E-state index in [0.717, 1.165) is 17.0 Å². The highest BCUT2D eigenvalue weighted by atomic mass is 16.4. The van der Waals surface area contributed by atoms with Crippen molar-refractivity contribution in [3.63, 3.8) is 0 Å². The molecular weight excluding hydrogens is 344 g/mol. The highest BCUT2D eigenvalue weighted by Crippen LogP contribution is 2.34. The number of benzene rings is 1. The van der Waals surface area contributed by atoms with Crippen LogP contribution < -0.4 is 0 Å². The molecule has 27 heavy (non-hydrogen) atoms. The summed E-state index contributed by atoms with van der Waals surface area (Å²) >= 11 is 0.